The van der Waals surface area contributed by atoms with E-state index in [2.05, 4.69) is 22.0 Å². The Hall–Kier alpha value is -5.48. The quantitative estimate of drug-likeness (QED) is 0.0857. The number of oxime groups is 1. The predicted octanol–water partition coefficient (Wildman–Crippen LogP) is 3.50. The number of nitrogens with two attached hydrogens (primary N) is 1. The van der Waals surface area contributed by atoms with E-state index < -0.39 is 66.1 Å². The third-order valence-corrected chi connectivity index (χ3v) is 9.21. The molecule has 1 aromatic heterocycles. The molecule has 51 heavy (non-hydrogen) atoms. The second-order valence-electron chi connectivity index (χ2n) is 12.1. The topological polar surface area (TPSA) is 189 Å². The number of thioether (sulfide) groups is 1. The first-order valence-electron chi connectivity index (χ1n) is 15.6. The summed E-state index contributed by atoms with van der Waals surface area (Å²) < 4.78 is 16.1. The van der Waals surface area contributed by atoms with Crippen LogP contribution in [0.3, 0.4) is 0 Å². The summed E-state index contributed by atoms with van der Waals surface area (Å²) in [6, 6.07) is 17.3. The lowest BCUT2D eigenvalue weighted by atomic mass is 10.0. The Kier molecular flexibility index (Phi) is 11.6. The largest absolute Gasteiger partial charge is 0.457 e. The molecule has 2 aliphatic rings. The van der Waals surface area contributed by atoms with E-state index in [0.29, 0.717) is 5.57 Å². The number of ether oxygens (including phenoxy) is 3. The monoisotopic (exact) mass is 733 g/mol. The van der Waals surface area contributed by atoms with Crippen LogP contribution in [0.4, 0.5) is 5.13 Å². The molecule has 0 bridgehead atoms. The molecule has 2 atom stereocenters. The minimum Gasteiger partial charge on any atom is -0.457 e. The van der Waals surface area contributed by atoms with E-state index in [0.717, 1.165) is 22.5 Å². The zero-order chi connectivity index (χ0) is 36.7. The van der Waals surface area contributed by atoms with Crippen LogP contribution in [0.5, 0.6) is 0 Å². The maximum atomic E-state index is 13.6. The number of rotatable bonds is 13. The number of carbonyl (C=O) groups is 5. The highest BCUT2D eigenvalue weighted by atomic mass is 32.2. The van der Waals surface area contributed by atoms with Crippen molar-refractivity contribution < 1.29 is 43.0 Å². The molecule has 0 radical (unpaired) electrons. The van der Waals surface area contributed by atoms with Crippen LogP contribution in [-0.4, -0.2) is 81.3 Å². The summed E-state index contributed by atoms with van der Waals surface area (Å²) in [5.41, 5.74) is 6.56. The molecule has 0 spiro atoms. The lowest BCUT2D eigenvalue weighted by Crippen LogP contribution is -2.71. The summed E-state index contributed by atoms with van der Waals surface area (Å²) >= 11 is 2.33. The van der Waals surface area contributed by atoms with Crippen molar-refractivity contribution in [3.05, 3.63) is 107 Å². The molecule has 1 saturated heterocycles. The Bertz CT molecular complexity index is 1830. The molecule has 2 aromatic carbocycles. The van der Waals surface area contributed by atoms with Gasteiger partial charge in [-0.1, -0.05) is 78.5 Å². The summed E-state index contributed by atoms with van der Waals surface area (Å²) in [5.74, 6) is -3.61. The number of hydrogen-bond donors (Lipinski definition) is 2. The SMILES string of the molecule is C=CC1=C(C(=O)OCC(=O)OC(C)(C)C)N2C(=O)C(NC(=O)/C(=N\OCC(=O)OC(c3ccccc3)c3ccccc3)c3csc(N)n3)[C@H]2SC1. The Morgan fingerprint density at radius 3 is 2.27 bits per heavy atom. The minimum absolute atomic E-state index is 0.0509. The number of amides is 2. The van der Waals surface area contributed by atoms with Gasteiger partial charge in [0.05, 0.1) is 0 Å². The maximum Gasteiger partial charge on any atom is 0.355 e. The third-order valence-electron chi connectivity index (χ3n) is 7.24. The number of allylic oxidation sites excluding steroid dienone is 1. The fourth-order valence-electron chi connectivity index (χ4n) is 5.06. The second-order valence-corrected chi connectivity index (χ2v) is 14.1. The summed E-state index contributed by atoms with van der Waals surface area (Å²) in [5, 5.41) is 7.44. The molecular formula is C35H35N5O9S2. The molecule has 3 heterocycles. The van der Waals surface area contributed by atoms with Gasteiger partial charge in [0.15, 0.2) is 23.6 Å². The number of fused-ring (bicyclic) bond motifs is 1. The molecular weight excluding hydrogens is 699 g/mol. The first-order chi connectivity index (χ1) is 24.4. The van der Waals surface area contributed by atoms with Crippen molar-refractivity contribution in [2.75, 3.05) is 24.7 Å². The van der Waals surface area contributed by atoms with Gasteiger partial charge in [0.2, 0.25) is 6.61 Å². The van der Waals surface area contributed by atoms with Gasteiger partial charge in [0.25, 0.3) is 11.8 Å². The number of anilines is 1. The van der Waals surface area contributed by atoms with Gasteiger partial charge >= 0.3 is 17.9 Å². The number of nitrogens with zero attached hydrogens (tertiary/aromatic N) is 3. The minimum atomic E-state index is -1.08. The average molecular weight is 734 g/mol. The maximum absolute atomic E-state index is 13.6. The normalized spacial score (nSPS) is 17.2. The predicted molar refractivity (Wildman–Crippen MR) is 189 cm³/mol. The Labute approximate surface area is 301 Å². The van der Waals surface area contributed by atoms with Crippen LogP contribution in [0.1, 0.15) is 43.7 Å². The Balaban J connectivity index is 1.26. The number of carbonyl (C=O) groups excluding carboxylic acids is 5. The van der Waals surface area contributed by atoms with E-state index in [4.69, 9.17) is 24.8 Å². The van der Waals surface area contributed by atoms with Crippen molar-refractivity contribution in [1.29, 1.82) is 0 Å². The average Bonchev–Trinajstić information content (AvgIpc) is 3.54. The molecule has 1 fully saturated rings. The highest BCUT2D eigenvalue weighted by molar-refractivity contribution is 8.00. The van der Waals surface area contributed by atoms with Crippen LogP contribution in [0.15, 0.2) is 95.1 Å². The molecule has 16 heteroatoms. The first kappa shape index (κ1) is 36.8. The summed E-state index contributed by atoms with van der Waals surface area (Å²) in [7, 11) is 0. The van der Waals surface area contributed by atoms with Crippen molar-refractivity contribution >= 4 is 63.7 Å². The van der Waals surface area contributed by atoms with Crippen molar-refractivity contribution in [3.63, 3.8) is 0 Å². The van der Waals surface area contributed by atoms with Gasteiger partial charge in [-0.25, -0.2) is 19.4 Å². The molecule has 1 unspecified atom stereocenters. The van der Waals surface area contributed by atoms with Crippen LogP contribution in [0.2, 0.25) is 0 Å². The lowest BCUT2D eigenvalue weighted by Gasteiger charge is -2.49. The number of aromatic nitrogens is 1. The first-order valence-corrected chi connectivity index (χ1v) is 17.5. The molecule has 3 aromatic rings. The number of thiazole rings is 1. The van der Waals surface area contributed by atoms with E-state index >= 15 is 0 Å². The van der Waals surface area contributed by atoms with Crippen LogP contribution in [-0.2, 0) is 43.0 Å². The fourth-order valence-corrected chi connectivity index (χ4v) is 6.95. The van der Waals surface area contributed by atoms with E-state index in [1.807, 2.05) is 60.7 Å². The fraction of sp³-hybridized carbons (Fsp3) is 0.286. The summed E-state index contributed by atoms with van der Waals surface area (Å²) in [6.45, 7) is 7.45. The van der Waals surface area contributed by atoms with Gasteiger partial charge in [-0.05, 0) is 37.5 Å². The lowest BCUT2D eigenvalue weighted by molar-refractivity contribution is -0.166. The van der Waals surface area contributed by atoms with Gasteiger partial charge in [-0.3, -0.25) is 14.5 Å². The van der Waals surface area contributed by atoms with Crippen molar-refractivity contribution in [2.45, 2.75) is 43.9 Å². The number of hydrogen-bond acceptors (Lipinski definition) is 14. The van der Waals surface area contributed by atoms with E-state index in [9.17, 15) is 24.0 Å². The van der Waals surface area contributed by atoms with Crippen LogP contribution < -0.4 is 11.1 Å². The molecule has 2 amide bonds. The molecule has 14 nitrogen and oxygen atoms in total. The zero-order valence-corrected chi connectivity index (χ0v) is 29.5. The Morgan fingerprint density at radius 1 is 1.06 bits per heavy atom. The van der Waals surface area contributed by atoms with E-state index in [-0.39, 0.29) is 28.0 Å². The molecule has 266 valence electrons. The van der Waals surface area contributed by atoms with Crippen molar-refractivity contribution in [2.24, 2.45) is 5.16 Å². The van der Waals surface area contributed by atoms with Crippen LogP contribution in [0.25, 0.3) is 0 Å². The number of esters is 3. The van der Waals surface area contributed by atoms with Gasteiger partial charge in [0, 0.05) is 11.1 Å². The van der Waals surface area contributed by atoms with E-state index in [1.54, 1.807) is 20.8 Å². The smallest absolute Gasteiger partial charge is 0.355 e. The van der Waals surface area contributed by atoms with Gasteiger partial charge in [-0.2, -0.15) is 0 Å². The van der Waals surface area contributed by atoms with E-state index in [1.165, 1.54) is 28.1 Å². The number of nitrogen functional groups attached to an aromatic ring is 1. The highest BCUT2D eigenvalue weighted by Gasteiger charge is 2.54. The highest BCUT2D eigenvalue weighted by Crippen LogP contribution is 2.41. The number of β-lactam (4-membered cyclic amide) rings is 1. The molecule has 3 N–H and O–H groups in total. The van der Waals surface area contributed by atoms with Crippen LogP contribution in [0, 0.1) is 0 Å². The molecule has 0 aliphatic carbocycles. The van der Waals surface area contributed by atoms with Gasteiger partial charge in [0.1, 0.15) is 28.4 Å². The third kappa shape index (κ3) is 9.01. The summed E-state index contributed by atoms with van der Waals surface area (Å²) in [4.78, 5) is 75.7. The zero-order valence-electron chi connectivity index (χ0n) is 27.9. The molecule has 0 saturated carbocycles. The Morgan fingerprint density at radius 2 is 1.71 bits per heavy atom. The summed E-state index contributed by atoms with van der Waals surface area (Å²) in [6.07, 6.45) is 0.706. The van der Waals surface area contributed by atoms with Crippen LogP contribution >= 0.6 is 23.1 Å². The second kappa shape index (κ2) is 16.0. The number of benzene rings is 2. The van der Waals surface area contributed by atoms with Gasteiger partial charge in [-0.15, -0.1) is 23.1 Å². The van der Waals surface area contributed by atoms with Crippen molar-refractivity contribution in [1.82, 2.24) is 15.2 Å². The standard InChI is InChI=1S/C35H35N5O9S2/c1-5-20-18-50-32-27(31(44)40(32)28(20)33(45)46-16-25(42)49-35(2,3)4)38-30(43)26(23-19-51-34(36)37-23)39-47-17-24(41)48-29(21-12-8-6-9-13-21)22-14-10-7-11-15-22/h5-15,19,27,29,32H,1,16-18H2,2-4H3,(H2,36,37)(H,38,43)/b39-26-/t27?,32-/m1/s1. The number of nitrogens with one attached hydrogen (secondary N) is 1. The van der Waals surface area contributed by atoms with Gasteiger partial charge < -0.3 is 30.1 Å². The molecule has 5 rings (SSSR count). The van der Waals surface area contributed by atoms with Crippen molar-refractivity contribution in [3.8, 4) is 0 Å². The molecule has 2 aliphatic heterocycles.